The third kappa shape index (κ3) is 3.44. The van der Waals surface area contributed by atoms with Crippen molar-refractivity contribution >= 4 is 11.7 Å². The molecule has 5 nitrogen and oxygen atoms in total. The van der Waals surface area contributed by atoms with E-state index >= 15 is 0 Å². The van der Waals surface area contributed by atoms with Crippen molar-refractivity contribution in [1.29, 1.82) is 0 Å². The van der Waals surface area contributed by atoms with Crippen molar-refractivity contribution in [2.45, 2.75) is 6.35 Å². The lowest BCUT2D eigenvalue weighted by atomic mass is 10.3. The van der Waals surface area contributed by atoms with Crippen molar-refractivity contribution in [1.82, 2.24) is 5.32 Å². The highest BCUT2D eigenvalue weighted by atomic mass is 16.3. The molecule has 5 heteroatoms. The smallest absolute Gasteiger partial charge is 0.315 e. The zero-order valence-electron chi connectivity index (χ0n) is 6.90. The summed E-state index contributed by atoms with van der Waals surface area (Å²) < 4.78 is 0. The second-order valence-electron chi connectivity index (χ2n) is 2.42. The number of urea groups is 1. The van der Waals surface area contributed by atoms with E-state index in [1.807, 2.05) is 6.07 Å². The number of nitrogens with one attached hydrogen (secondary N) is 2. The van der Waals surface area contributed by atoms with E-state index in [-0.39, 0.29) is 0 Å². The maximum atomic E-state index is 10.3. The highest BCUT2D eigenvalue weighted by molar-refractivity contribution is 5.72. The van der Waals surface area contributed by atoms with Gasteiger partial charge in [-0.05, 0) is 12.1 Å². The van der Waals surface area contributed by atoms with Crippen molar-refractivity contribution in [3.63, 3.8) is 0 Å². The molecule has 0 saturated carbocycles. The van der Waals surface area contributed by atoms with E-state index in [1.165, 1.54) is 0 Å². The molecule has 0 heterocycles. The molecule has 1 atom stereocenters. The minimum atomic E-state index is -1.17. The van der Waals surface area contributed by atoms with Crippen LogP contribution in [0.2, 0.25) is 0 Å². The van der Waals surface area contributed by atoms with Gasteiger partial charge in [-0.1, -0.05) is 18.2 Å². The highest BCUT2D eigenvalue weighted by Gasteiger charge is 2.03. The number of primary amides is 1. The third-order valence-corrected chi connectivity index (χ3v) is 1.36. The Hall–Kier alpha value is -1.75. The normalized spacial score (nSPS) is 11.8. The van der Waals surface area contributed by atoms with Crippen LogP contribution in [0.3, 0.4) is 0 Å². The number of carbonyl (C=O) groups excluding carboxylic acids is 1. The molecule has 70 valence electrons. The highest BCUT2D eigenvalue weighted by Crippen LogP contribution is 2.04. The van der Waals surface area contributed by atoms with Gasteiger partial charge in [0.05, 0.1) is 0 Å². The Morgan fingerprint density at radius 3 is 2.54 bits per heavy atom. The van der Waals surface area contributed by atoms with Gasteiger partial charge in [0.2, 0.25) is 6.35 Å². The van der Waals surface area contributed by atoms with Gasteiger partial charge in [-0.25, -0.2) is 4.79 Å². The molecule has 0 fully saturated rings. The molecule has 2 amide bonds. The van der Waals surface area contributed by atoms with Gasteiger partial charge in [-0.15, -0.1) is 0 Å². The van der Waals surface area contributed by atoms with Crippen molar-refractivity contribution in [3.05, 3.63) is 30.3 Å². The van der Waals surface area contributed by atoms with E-state index in [0.29, 0.717) is 5.69 Å². The van der Waals surface area contributed by atoms with Gasteiger partial charge in [0.25, 0.3) is 0 Å². The molecule has 0 radical (unpaired) electrons. The summed E-state index contributed by atoms with van der Waals surface area (Å²) in [6, 6.07) is 8.19. The van der Waals surface area contributed by atoms with E-state index in [9.17, 15) is 4.79 Å². The van der Waals surface area contributed by atoms with Gasteiger partial charge < -0.3 is 16.2 Å². The fourth-order valence-electron chi connectivity index (χ4n) is 0.863. The number of anilines is 1. The number of hydrogen-bond donors (Lipinski definition) is 4. The predicted molar refractivity (Wildman–Crippen MR) is 48.8 cm³/mol. The number of benzene rings is 1. The molecule has 0 aliphatic carbocycles. The number of aliphatic hydroxyl groups excluding tert-OH is 1. The molecule has 1 rings (SSSR count). The van der Waals surface area contributed by atoms with E-state index in [1.54, 1.807) is 24.3 Å². The molecule has 13 heavy (non-hydrogen) atoms. The average molecular weight is 181 g/mol. The SMILES string of the molecule is NC(=O)NC(O)Nc1ccccc1. The zero-order valence-corrected chi connectivity index (χ0v) is 6.90. The first-order valence-corrected chi connectivity index (χ1v) is 3.74. The molecule has 1 aromatic rings. The fourth-order valence-corrected chi connectivity index (χ4v) is 0.863. The molecular formula is C8H11N3O2. The van der Waals surface area contributed by atoms with Crippen LogP contribution in [-0.4, -0.2) is 17.5 Å². The molecular weight excluding hydrogens is 170 g/mol. The van der Waals surface area contributed by atoms with Gasteiger partial charge in [-0.2, -0.15) is 0 Å². The monoisotopic (exact) mass is 181 g/mol. The minimum Gasteiger partial charge on any atom is -0.356 e. The minimum absolute atomic E-state index is 0.698. The second kappa shape index (κ2) is 4.32. The summed E-state index contributed by atoms with van der Waals surface area (Å²) in [4.78, 5) is 10.3. The van der Waals surface area contributed by atoms with Crippen molar-refractivity contribution in [2.24, 2.45) is 5.73 Å². The quantitative estimate of drug-likeness (QED) is 0.496. The number of carbonyl (C=O) groups is 1. The Balaban J connectivity index is 2.45. The summed E-state index contributed by atoms with van der Waals surface area (Å²) in [5.74, 6) is 0. The lowest BCUT2D eigenvalue weighted by molar-refractivity contribution is 0.167. The van der Waals surface area contributed by atoms with Gasteiger partial charge in [0, 0.05) is 5.69 Å². The van der Waals surface area contributed by atoms with Crippen molar-refractivity contribution in [2.75, 3.05) is 5.32 Å². The van der Waals surface area contributed by atoms with Crippen molar-refractivity contribution < 1.29 is 9.90 Å². The van der Waals surface area contributed by atoms with Crippen LogP contribution in [-0.2, 0) is 0 Å². The number of rotatable bonds is 3. The average Bonchev–Trinajstić information content (AvgIpc) is 2.04. The van der Waals surface area contributed by atoms with E-state index in [4.69, 9.17) is 10.8 Å². The summed E-state index contributed by atoms with van der Waals surface area (Å²) >= 11 is 0. The Labute approximate surface area is 75.6 Å². The third-order valence-electron chi connectivity index (χ3n) is 1.36. The van der Waals surface area contributed by atoms with Crippen LogP contribution in [0.4, 0.5) is 10.5 Å². The molecule has 0 aliphatic rings. The number of aliphatic hydroxyl groups is 1. The van der Waals surface area contributed by atoms with Gasteiger partial charge in [0.1, 0.15) is 0 Å². The van der Waals surface area contributed by atoms with Crippen LogP contribution in [0.25, 0.3) is 0 Å². The summed E-state index contributed by atoms with van der Waals surface area (Å²) in [7, 11) is 0. The van der Waals surface area contributed by atoms with E-state index < -0.39 is 12.4 Å². The lowest BCUT2D eigenvalue weighted by Crippen LogP contribution is -2.43. The first kappa shape index (κ1) is 9.34. The van der Waals surface area contributed by atoms with Crippen LogP contribution in [0.5, 0.6) is 0 Å². The predicted octanol–water partition coefficient (Wildman–Crippen LogP) is 0.0427. The maximum Gasteiger partial charge on any atom is 0.315 e. The maximum absolute atomic E-state index is 10.3. The molecule has 0 spiro atoms. The molecule has 0 aromatic heterocycles. The molecule has 1 aromatic carbocycles. The largest absolute Gasteiger partial charge is 0.356 e. The topological polar surface area (TPSA) is 87.4 Å². The van der Waals surface area contributed by atoms with E-state index in [2.05, 4.69) is 10.6 Å². The Bertz CT molecular complexity index is 276. The Morgan fingerprint density at radius 2 is 2.00 bits per heavy atom. The lowest BCUT2D eigenvalue weighted by Gasteiger charge is -2.13. The van der Waals surface area contributed by atoms with Crippen LogP contribution in [0.15, 0.2) is 30.3 Å². The second-order valence-corrected chi connectivity index (χ2v) is 2.42. The van der Waals surface area contributed by atoms with Gasteiger partial charge in [-0.3, -0.25) is 5.32 Å². The van der Waals surface area contributed by atoms with Gasteiger partial charge >= 0.3 is 6.03 Å². The van der Waals surface area contributed by atoms with Crippen LogP contribution in [0, 0.1) is 0 Å². The standard InChI is InChI=1S/C8H11N3O2/c9-7(12)11-8(13)10-6-4-2-1-3-5-6/h1-5,8,10,13H,(H3,9,11,12). The van der Waals surface area contributed by atoms with Gasteiger partial charge in [0.15, 0.2) is 0 Å². The van der Waals surface area contributed by atoms with Crippen LogP contribution >= 0.6 is 0 Å². The number of nitrogens with two attached hydrogens (primary N) is 1. The van der Waals surface area contributed by atoms with Crippen LogP contribution in [0.1, 0.15) is 0 Å². The molecule has 0 bridgehead atoms. The van der Waals surface area contributed by atoms with E-state index in [0.717, 1.165) is 0 Å². The number of para-hydroxylation sites is 1. The summed E-state index contributed by atoms with van der Waals surface area (Å²) in [5, 5.41) is 13.8. The summed E-state index contributed by atoms with van der Waals surface area (Å²) in [5.41, 5.74) is 5.49. The first-order chi connectivity index (χ1) is 6.18. The number of amides is 2. The fraction of sp³-hybridized carbons (Fsp3) is 0.125. The van der Waals surface area contributed by atoms with Crippen LogP contribution < -0.4 is 16.4 Å². The molecule has 1 unspecified atom stereocenters. The summed E-state index contributed by atoms with van der Waals surface area (Å²) in [6.07, 6.45) is -1.17. The molecule has 0 aliphatic heterocycles. The first-order valence-electron chi connectivity index (χ1n) is 3.74. The Morgan fingerprint density at radius 1 is 1.38 bits per heavy atom. The molecule has 0 saturated heterocycles. The zero-order chi connectivity index (χ0) is 9.68. The molecule has 5 N–H and O–H groups in total. The van der Waals surface area contributed by atoms with Crippen molar-refractivity contribution in [3.8, 4) is 0 Å². The number of hydrogen-bond acceptors (Lipinski definition) is 3. The summed E-state index contributed by atoms with van der Waals surface area (Å²) in [6.45, 7) is 0. The Kier molecular flexibility index (Phi) is 3.10.